The van der Waals surface area contributed by atoms with E-state index in [0.29, 0.717) is 19.0 Å². The summed E-state index contributed by atoms with van der Waals surface area (Å²) in [5.41, 5.74) is 2.07. The molecular formula is C18H22N6O3. The van der Waals surface area contributed by atoms with Crippen LogP contribution in [0.1, 0.15) is 34.2 Å². The molecule has 2 aromatic heterocycles. The molecule has 9 heteroatoms. The third-order valence-corrected chi connectivity index (χ3v) is 5.00. The minimum absolute atomic E-state index is 0.152. The molecule has 2 unspecified atom stereocenters. The number of nitrogens with one attached hydrogen (secondary N) is 1. The molecule has 0 spiro atoms. The largest absolute Gasteiger partial charge is 0.377 e. The molecule has 1 N–H and O–H groups in total. The van der Waals surface area contributed by atoms with Crippen LogP contribution in [0.25, 0.3) is 0 Å². The molecule has 142 valence electrons. The molecule has 2 aliphatic rings. The molecule has 1 aliphatic heterocycles. The quantitative estimate of drug-likeness (QED) is 0.805. The number of amides is 1. The first-order valence-electron chi connectivity index (χ1n) is 9.04. The van der Waals surface area contributed by atoms with Crippen molar-refractivity contribution < 1.29 is 9.53 Å². The fraction of sp³-hybridized carbons (Fsp3) is 0.500. The van der Waals surface area contributed by atoms with Gasteiger partial charge in [-0.1, -0.05) is 0 Å². The van der Waals surface area contributed by atoms with Gasteiger partial charge in [-0.05, 0) is 37.0 Å². The van der Waals surface area contributed by atoms with Crippen LogP contribution in [0.15, 0.2) is 23.0 Å². The molecule has 2 aromatic rings. The van der Waals surface area contributed by atoms with Crippen LogP contribution in [-0.2, 0) is 17.6 Å². The second-order valence-corrected chi connectivity index (χ2v) is 7.11. The van der Waals surface area contributed by atoms with Crippen molar-refractivity contribution in [3.63, 3.8) is 0 Å². The number of carbonyl (C=O) groups excluding carboxylic acids is 1. The van der Waals surface area contributed by atoms with E-state index in [1.807, 2.05) is 19.0 Å². The number of carbonyl (C=O) groups is 1. The van der Waals surface area contributed by atoms with Crippen molar-refractivity contribution in [2.75, 3.05) is 32.2 Å². The summed E-state index contributed by atoms with van der Waals surface area (Å²) in [7, 11) is 3.71. The van der Waals surface area contributed by atoms with Gasteiger partial charge in [-0.2, -0.15) is 5.10 Å². The van der Waals surface area contributed by atoms with Gasteiger partial charge in [-0.25, -0.2) is 4.68 Å². The Morgan fingerprint density at radius 3 is 2.85 bits per heavy atom. The van der Waals surface area contributed by atoms with Gasteiger partial charge in [0.15, 0.2) is 11.5 Å². The summed E-state index contributed by atoms with van der Waals surface area (Å²) in [5.74, 6) is 0.324. The zero-order valence-corrected chi connectivity index (χ0v) is 15.4. The lowest BCUT2D eigenvalue weighted by Gasteiger charge is -2.20. The molecule has 1 amide bonds. The maximum Gasteiger partial charge on any atom is 0.272 e. The maximum atomic E-state index is 12.5. The number of nitrogens with zero attached hydrogens (tertiary/aromatic N) is 5. The number of ether oxygens (including phenoxy) is 1. The molecular weight excluding hydrogens is 348 g/mol. The second-order valence-electron chi connectivity index (χ2n) is 7.11. The van der Waals surface area contributed by atoms with Crippen molar-refractivity contribution in [1.29, 1.82) is 0 Å². The van der Waals surface area contributed by atoms with Crippen LogP contribution in [0.5, 0.6) is 0 Å². The summed E-state index contributed by atoms with van der Waals surface area (Å²) in [4.78, 5) is 26.8. The molecule has 2 atom stereocenters. The lowest BCUT2D eigenvalue weighted by molar-refractivity contribution is 0.0918. The fourth-order valence-electron chi connectivity index (χ4n) is 3.50. The number of fused-ring (bicyclic) bond motifs is 1. The standard InChI is InChI=1S/C18H22N6O3/c1-23(2)16-7-6-13(20-21-16)18(26)19-14-9-27-10-15(14)24-17(25)8-11-4-3-5-12(11)22-24/h6-8,14-15H,3-5,9-10H2,1-2H3,(H,19,26). The van der Waals surface area contributed by atoms with E-state index in [1.165, 1.54) is 4.68 Å². The van der Waals surface area contributed by atoms with Gasteiger partial charge in [-0.3, -0.25) is 9.59 Å². The summed E-state index contributed by atoms with van der Waals surface area (Å²) in [6.45, 7) is 0.659. The Morgan fingerprint density at radius 2 is 2.11 bits per heavy atom. The summed E-state index contributed by atoms with van der Waals surface area (Å²) >= 11 is 0. The molecule has 0 bridgehead atoms. The molecule has 0 radical (unpaired) electrons. The average Bonchev–Trinajstić information content (AvgIpc) is 3.29. The predicted molar refractivity (Wildman–Crippen MR) is 98.0 cm³/mol. The third kappa shape index (κ3) is 3.42. The summed E-state index contributed by atoms with van der Waals surface area (Å²) in [6.07, 6.45) is 2.81. The Labute approximate surface area is 156 Å². The smallest absolute Gasteiger partial charge is 0.272 e. The number of aromatic nitrogens is 4. The Morgan fingerprint density at radius 1 is 1.26 bits per heavy atom. The number of aryl methyl sites for hydroxylation is 2. The first kappa shape index (κ1) is 17.6. The van der Waals surface area contributed by atoms with E-state index in [-0.39, 0.29) is 29.2 Å². The number of hydrogen-bond acceptors (Lipinski definition) is 7. The Kier molecular flexibility index (Phi) is 4.61. The van der Waals surface area contributed by atoms with Gasteiger partial charge >= 0.3 is 0 Å². The molecule has 1 aliphatic carbocycles. The molecule has 4 rings (SSSR count). The zero-order chi connectivity index (χ0) is 19.0. The Bertz CT molecular complexity index is 908. The van der Waals surface area contributed by atoms with Crippen LogP contribution < -0.4 is 15.8 Å². The van der Waals surface area contributed by atoms with E-state index >= 15 is 0 Å². The molecule has 1 saturated heterocycles. The van der Waals surface area contributed by atoms with Crippen LogP contribution in [0.3, 0.4) is 0 Å². The van der Waals surface area contributed by atoms with E-state index in [9.17, 15) is 9.59 Å². The summed E-state index contributed by atoms with van der Waals surface area (Å²) < 4.78 is 6.99. The molecule has 0 aromatic carbocycles. The molecule has 3 heterocycles. The van der Waals surface area contributed by atoms with E-state index in [0.717, 1.165) is 30.5 Å². The van der Waals surface area contributed by atoms with Crippen molar-refractivity contribution in [3.05, 3.63) is 45.5 Å². The van der Waals surface area contributed by atoms with Crippen molar-refractivity contribution in [2.45, 2.75) is 31.3 Å². The van der Waals surface area contributed by atoms with Crippen LogP contribution in [0, 0.1) is 0 Å². The highest BCUT2D eigenvalue weighted by Crippen LogP contribution is 2.21. The van der Waals surface area contributed by atoms with Crippen LogP contribution >= 0.6 is 0 Å². The summed E-state index contributed by atoms with van der Waals surface area (Å²) in [6, 6.07) is 4.34. The lowest BCUT2D eigenvalue weighted by Crippen LogP contribution is -2.44. The second kappa shape index (κ2) is 7.07. The van der Waals surface area contributed by atoms with Crippen LogP contribution in [0.2, 0.25) is 0 Å². The van der Waals surface area contributed by atoms with Crippen LogP contribution in [-0.4, -0.2) is 59.2 Å². The maximum absolute atomic E-state index is 12.5. The number of hydrogen-bond donors (Lipinski definition) is 1. The van der Waals surface area contributed by atoms with Crippen molar-refractivity contribution in [2.24, 2.45) is 0 Å². The highest BCUT2D eigenvalue weighted by molar-refractivity contribution is 5.92. The Hall–Kier alpha value is -2.81. The highest BCUT2D eigenvalue weighted by Gasteiger charge is 2.33. The van der Waals surface area contributed by atoms with Gasteiger partial charge in [0.1, 0.15) is 6.04 Å². The van der Waals surface area contributed by atoms with E-state index in [2.05, 4.69) is 20.6 Å². The fourth-order valence-corrected chi connectivity index (χ4v) is 3.50. The normalized spacial score (nSPS) is 21.1. The van der Waals surface area contributed by atoms with Crippen molar-refractivity contribution in [1.82, 2.24) is 25.3 Å². The topological polar surface area (TPSA) is 102 Å². The van der Waals surface area contributed by atoms with E-state index < -0.39 is 0 Å². The van der Waals surface area contributed by atoms with E-state index in [4.69, 9.17) is 4.74 Å². The molecule has 0 saturated carbocycles. The monoisotopic (exact) mass is 370 g/mol. The highest BCUT2D eigenvalue weighted by atomic mass is 16.5. The zero-order valence-electron chi connectivity index (χ0n) is 15.4. The first-order chi connectivity index (χ1) is 13.0. The van der Waals surface area contributed by atoms with Crippen LogP contribution in [0.4, 0.5) is 5.82 Å². The third-order valence-electron chi connectivity index (χ3n) is 5.00. The summed E-state index contributed by atoms with van der Waals surface area (Å²) in [5, 5.41) is 15.4. The number of rotatable bonds is 4. The average molecular weight is 370 g/mol. The minimum atomic E-state index is -0.350. The number of anilines is 1. The van der Waals surface area contributed by atoms with Gasteiger partial charge in [-0.15, -0.1) is 10.2 Å². The van der Waals surface area contributed by atoms with Gasteiger partial charge in [0.05, 0.1) is 24.9 Å². The van der Waals surface area contributed by atoms with Gasteiger partial charge in [0.25, 0.3) is 11.5 Å². The lowest BCUT2D eigenvalue weighted by atomic mass is 10.1. The van der Waals surface area contributed by atoms with Crippen molar-refractivity contribution >= 4 is 11.7 Å². The van der Waals surface area contributed by atoms with Crippen molar-refractivity contribution in [3.8, 4) is 0 Å². The molecule has 27 heavy (non-hydrogen) atoms. The predicted octanol–water partition coefficient (Wildman–Crippen LogP) is -0.0421. The minimum Gasteiger partial charge on any atom is -0.377 e. The van der Waals surface area contributed by atoms with Gasteiger partial charge < -0.3 is 15.0 Å². The molecule has 1 fully saturated rings. The van der Waals surface area contributed by atoms with E-state index in [1.54, 1.807) is 18.2 Å². The van der Waals surface area contributed by atoms with Gasteiger partial charge in [0.2, 0.25) is 0 Å². The SMILES string of the molecule is CN(C)c1ccc(C(=O)NC2COCC2n2nc3c(cc2=O)CCC3)nn1. The Balaban J connectivity index is 1.52. The molecule has 9 nitrogen and oxygen atoms in total. The van der Waals surface area contributed by atoms with Gasteiger partial charge in [0, 0.05) is 20.2 Å². The first-order valence-corrected chi connectivity index (χ1v) is 9.04.